The van der Waals surface area contributed by atoms with E-state index in [-0.39, 0.29) is 5.41 Å². The fourth-order valence-electron chi connectivity index (χ4n) is 4.65. The predicted octanol–water partition coefficient (Wildman–Crippen LogP) is 3.92. The molecule has 0 aliphatic carbocycles. The summed E-state index contributed by atoms with van der Waals surface area (Å²) in [7, 11) is 0. The monoisotopic (exact) mass is 443 g/mol. The lowest BCUT2D eigenvalue weighted by Gasteiger charge is -2.37. The first-order chi connectivity index (χ1) is 16.1. The zero-order valence-electron chi connectivity index (χ0n) is 18.9. The highest BCUT2D eigenvalue weighted by atomic mass is 16.5. The van der Waals surface area contributed by atoms with Gasteiger partial charge in [-0.25, -0.2) is 9.97 Å². The van der Waals surface area contributed by atoms with Crippen molar-refractivity contribution in [1.82, 2.24) is 14.5 Å². The van der Waals surface area contributed by atoms with Crippen molar-refractivity contribution >= 4 is 27.6 Å². The highest BCUT2D eigenvalue weighted by Gasteiger charge is 2.34. The summed E-state index contributed by atoms with van der Waals surface area (Å²) in [6, 6.07) is 17.1. The molecule has 0 amide bonds. The van der Waals surface area contributed by atoms with E-state index in [9.17, 15) is 0 Å². The van der Waals surface area contributed by atoms with Gasteiger partial charge in [-0.05, 0) is 55.3 Å². The fourth-order valence-corrected chi connectivity index (χ4v) is 4.65. The maximum Gasteiger partial charge on any atom is 0.139 e. The second-order valence-corrected chi connectivity index (χ2v) is 9.73. The molecule has 0 bridgehead atoms. The van der Waals surface area contributed by atoms with Crippen LogP contribution in [0, 0.1) is 5.41 Å². The average molecular weight is 444 g/mol. The maximum absolute atomic E-state index is 6.06. The van der Waals surface area contributed by atoms with Gasteiger partial charge >= 0.3 is 0 Å². The molecule has 2 aromatic heterocycles. The van der Waals surface area contributed by atoms with Crippen molar-refractivity contribution in [3.05, 3.63) is 54.9 Å². The number of pyridine rings is 1. The van der Waals surface area contributed by atoms with E-state index in [1.165, 1.54) is 5.69 Å². The molecule has 0 unspecified atom stereocenters. The lowest BCUT2D eigenvalue weighted by Crippen LogP contribution is -2.44. The molecule has 0 radical (unpaired) electrons. The van der Waals surface area contributed by atoms with E-state index in [2.05, 4.69) is 47.1 Å². The molecule has 2 saturated heterocycles. The molecule has 6 rings (SSSR count). The molecule has 2 aliphatic heterocycles. The SMILES string of the molecule is CC1(COc2ccc3c(c2)ncn3-c2ccc3cc(N4CCC(N)CC4)ccc3n2)COC1. The van der Waals surface area contributed by atoms with Gasteiger partial charge in [0.15, 0.2) is 0 Å². The minimum atomic E-state index is 0.115. The third-order valence-electron chi connectivity index (χ3n) is 6.82. The number of rotatable bonds is 5. The van der Waals surface area contributed by atoms with E-state index < -0.39 is 0 Å². The van der Waals surface area contributed by atoms with Crippen LogP contribution >= 0.6 is 0 Å². The van der Waals surface area contributed by atoms with E-state index in [0.717, 1.165) is 72.6 Å². The lowest BCUT2D eigenvalue weighted by molar-refractivity contribution is -0.120. The van der Waals surface area contributed by atoms with Gasteiger partial charge in [0.2, 0.25) is 0 Å². The van der Waals surface area contributed by atoms with Crippen LogP contribution in [0.2, 0.25) is 0 Å². The number of benzene rings is 2. The zero-order valence-corrected chi connectivity index (χ0v) is 18.9. The van der Waals surface area contributed by atoms with Crippen LogP contribution in [0.1, 0.15) is 19.8 Å². The Labute approximate surface area is 193 Å². The first kappa shape index (κ1) is 20.4. The van der Waals surface area contributed by atoms with Crippen LogP contribution in [0.5, 0.6) is 5.75 Å². The molecule has 0 saturated carbocycles. The molecule has 0 atom stereocenters. The number of anilines is 1. The number of hydrogen-bond donors (Lipinski definition) is 1. The smallest absolute Gasteiger partial charge is 0.139 e. The number of piperidine rings is 1. The average Bonchev–Trinajstić information content (AvgIpc) is 3.25. The summed E-state index contributed by atoms with van der Waals surface area (Å²) in [4.78, 5) is 11.9. The number of nitrogens with zero attached hydrogens (tertiary/aromatic N) is 4. The maximum atomic E-state index is 6.06. The highest BCUT2D eigenvalue weighted by molar-refractivity contribution is 5.84. The van der Waals surface area contributed by atoms with Gasteiger partial charge in [0.1, 0.15) is 17.9 Å². The molecule has 4 aromatic rings. The van der Waals surface area contributed by atoms with Crippen LogP contribution in [0.4, 0.5) is 5.69 Å². The van der Waals surface area contributed by atoms with Crippen LogP contribution in [0.25, 0.3) is 27.8 Å². The molecule has 2 aromatic carbocycles. The zero-order chi connectivity index (χ0) is 22.4. The minimum Gasteiger partial charge on any atom is -0.493 e. The second-order valence-electron chi connectivity index (χ2n) is 9.73. The van der Waals surface area contributed by atoms with E-state index >= 15 is 0 Å². The largest absolute Gasteiger partial charge is 0.493 e. The highest BCUT2D eigenvalue weighted by Crippen LogP contribution is 2.30. The minimum absolute atomic E-state index is 0.115. The quantitative estimate of drug-likeness (QED) is 0.504. The first-order valence-corrected chi connectivity index (χ1v) is 11.7. The van der Waals surface area contributed by atoms with E-state index in [0.29, 0.717) is 12.6 Å². The Kier molecular flexibility index (Phi) is 4.96. The molecule has 33 heavy (non-hydrogen) atoms. The Hall–Kier alpha value is -3.16. The topological polar surface area (TPSA) is 78.4 Å². The molecule has 2 fully saturated rings. The Morgan fingerprint density at radius 1 is 1.06 bits per heavy atom. The van der Waals surface area contributed by atoms with Crippen molar-refractivity contribution in [1.29, 1.82) is 0 Å². The molecule has 170 valence electrons. The lowest BCUT2D eigenvalue weighted by atomic mass is 9.90. The summed E-state index contributed by atoms with van der Waals surface area (Å²) in [5.41, 5.74) is 10.3. The Balaban J connectivity index is 1.24. The van der Waals surface area contributed by atoms with E-state index in [1.807, 2.05) is 29.1 Å². The van der Waals surface area contributed by atoms with Crippen LogP contribution in [0.3, 0.4) is 0 Å². The third kappa shape index (κ3) is 3.92. The molecular weight excluding hydrogens is 414 g/mol. The van der Waals surface area contributed by atoms with Crippen molar-refractivity contribution in [3.63, 3.8) is 0 Å². The molecule has 0 spiro atoms. The summed E-state index contributed by atoms with van der Waals surface area (Å²) in [6.45, 7) is 6.37. The van der Waals surface area contributed by atoms with Crippen LogP contribution in [-0.2, 0) is 4.74 Å². The molecule has 2 aliphatic rings. The Morgan fingerprint density at radius 3 is 2.70 bits per heavy atom. The van der Waals surface area contributed by atoms with Gasteiger partial charge in [-0.3, -0.25) is 4.57 Å². The van der Waals surface area contributed by atoms with Gasteiger partial charge < -0.3 is 20.1 Å². The number of fused-ring (bicyclic) bond motifs is 2. The number of ether oxygens (including phenoxy) is 2. The summed E-state index contributed by atoms with van der Waals surface area (Å²) >= 11 is 0. The van der Waals surface area contributed by atoms with Gasteiger partial charge in [-0.15, -0.1) is 0 Å². The molecule has 7 nitrogen and oxygen atoms in total. The van der Waals surface area contributed by atoms with Crippen LogP contribution < -0.4 is 15.4 Å². The van der Waals surface area contributed by atoms with Gasteiger partial charge in [0.25, 0.3) is 0 Å². The number of hydrogen-bond acceptors (Lipinski definition) is 6. The standard InChI is InChI=1S/C26H29N5O2/c1-26(14-32-15-26)16-33-21-4-6-24-23(13-21)28-17-31(24)25-7-2-18-12-20(3-5-22(18)29-25)30-10-8-19(27)9-11-30/h2-7,12-13,17,19H,8-11,14-16,27H2,1H3. The van der Waals surface area contributed by atoms with Crippen molar-refractivity contribution in [2.45, 2.75) is 25.8 Å². The normalized spacial score (nSPS) is 18.5. The second kappa shape index (κ2) is 8.01. The molecule has 4 heterocycles. The predicted molar refractivity (Wildman–Crippen MR) is 130 cm³/mol. The van der Waals surface area contributed by atoms with Crippen molar-refractivity contribution in [2.24, 2.45) is 11.1 Å². The van der Waals surface area contributed by atoms with Crippen LogP contribution in [0.15, 0.2) is 54.9 Å². The summed E-state index contributed by atoms with van der Waals surface area (Å²) in [6.07, 6.45) is 3.92. The number of imidazole rings is 1. The Morgan fingerprint density at radius 2 is 1.91 bits per heavy atom. The van der Waals surface area contributed by atoms with E-state index in [1.54, 1.807) is 0 Å². The first-order valence-electron chi connectivity index (χ1n) is 11.7. The third-order valence-corrected chi connectivity index (χ3v) is 6.82. The molecule has 7 heteroatoms. The van der Waals surface area contributed by atoms with Gasteiger partial charge in [0, 0.05) is 41.7 Å². The number of aromatic nitrogens is 3. The van der Waals surface area contributed by atoms with Gasteiger partial charge in [-0.1, -0.05) is 6.92 Å². The van der Waals surface area contributed by atoms with Gasteiger partial charge in [-0.2, -0.15) is 0 Å². The van der Waals surface area contributed by atoms with Crippen molar-refractivity contribution < 1.29 is 9.47 Å². The fraction of sp³-hybridized carbons (Fsp3) is 0.385. The van der Waals surface area contributed by atoms with Crippen molar-refractivity contribution in [2.75, 3.05) is 37.8 Å². The summed E-state index contributed by atoms with van der Waals surface area (Å²) in [5.74, 6) is 1.69. The molecular formula is C26H29N5O2. The number of nitrogens with two attached hydrogens (primary N) is 1. The summed E-state index contributed by atoms with van der Waals surface area (Å²) in [5, 5.41) is 1.14. The van der Waals surface area contributed by atoms with Crippen molar-refractivity contribution in [3.8, 4) is 11.6 Å². The summed E-state index contributed by atoms with van der Waals surface area (Å²) < 4.78 is 13.3. The van der Waals surface area contributed by atoms with E-state index in [4.69, 9.17) is 20.2 Å². The van der Waals surface area contributed by atoms with Crippen LogP contribution in [-0.4, -0.2) is 53.5 Å². The molecule has 2 N–H and O–H groups in total. The van der Waals surface area contributed by atoms with Gasteiger partial charge in [0.05, 0.1) is 36.4 Å². The Bertz CT molecular complexity index is 1300.